The van der Waals surface area contributed by atoms with Crippen LogP contribution >= 0.6 is 11.8 Å². The fraction of sp³-hybridized carbons (Fsp3) is 0.750. The van der Waals surface area contributed by atoms with Crippen molar-refractivity contribution in [2.45, 2.75) is 44.0 Å². The van der Waals surface area contributed by atoms with Gasteiger partial charge in [-0.15, -0.1) is 0 Å². The Labute approximate surface area is 102 Å². The fourth-order valence-corrected chi connectivity index (χ4v) is 3.61. The van der Waals surface area contributed by atoms with E-state index in [4.69, 9.17) is 0 Å². The molecule has 2 atom stereocenters. The summed E-state index contributed by atoms with van der Waals surface area (Å²) in [5, 5.41) is 8.68. The molecule has 0 amide bonds. The maximum Gasteiger partial charge on any atom is 0.0518 e. The quantitative estimate of drug-likeness (QED) is 0.854. The minimum absolute atomic E-state index is 0.694. The summed E-state index contributed by atoms with van der Waals surface area (Å²) in [7, 11) is 2.00. The number of rotatable bonds is 5. The van der Waals surface area contributed by atoms with Crippen LogP contribution in [0, 0.1) is 0 Å². The third-order valence-electron chi connectivity index (χ3n) is 3.30. The van der Waals surface area contributed by atoms with E-state index in [1.165, 1.54) is 30.7 Å². The van der Waals surface area contributed by atoms with Crippen LogP contribution in [0.15, 0.2) is 12.3 Å². The molecule has 0 bridgehead atoms. The first-order valence-electron chi connectivity index (χ1n) is 6.13. The molecule has 1 aromatic heterocycles. The zero-order chi connectivity index (χ0) is 11.4. The summed E-state index contributed by atoms with van der Waals surface area (Å²) < 4.78 is 1.95. The van der Waals surface area contributed by atoms with Crippen molar-refractivity contribution in [1.82, 2.24) is 15.1 Å². The Balaban J connectivity index is 1.83. The largest absolute Gasteiger partial charge is 0.307 e. The third kappa shape index (κ3) is 2.80. The maximum absolute atomic E-state index is 4.19. The highest BCUT2D eigenvalue weighted by atomic mass is 32.2. The van der Waals surface area contributed by atoms with E-state index in [1.54, 1.807) is 0 Å². The van der Waals surface area contributed by atoms with E-state index in [0.29, 0.717) is 6.04 Å². The smallest absolute Gasteiger partial charge is 0.0518 e. The van der Waals surface area contributed by atoms with Crippen LogP contribution in [0.5, 0.6) is 0 Å². The summed E-state index contributed by atoms with van der Waals surface area (Å²) in [5.41, 5.74) is 1.27. The predicted molar refractivity (Wildman–Crippen MR) is 69.6 cm³/mol. The first kappa shape index (κ1) is 12.0. The second-order valence-corrected chi connectivity index (χ2v) is 5.87. The summed E-state index contributed by atoms with van der Waals surface area (Å²) in [4.78, 5) is 0. The van der Waals surface area contributed by atoms with E-state index < -0.39 is 0 Å². The highest BCUT2D eigenvalue weighted by Gasteiger charge is 2.26. The number of nitrogens with one attached hydrogen (secondary N) is 1. The summed E-state index contributed by atoms with van der Waals surface area (Å²) in [6, 6.07) is 2.78. The van der Waals surface area contributed by atoms with Gasteiger partial charge in [0.1, 0.15) is 0 Å². The number of thioether (sulfide) groups is 1. The van der Waals surface area contributed by atoms with Gasteiger partial charge in [-0.3, -0.25) is 4.68 Å². The second-order valence-electron chi connectivity index (χ2n) is 4.36. The number of hydrogen-bond acceptors (Lipinski definition) is 3. The molecular weight excluding hydrogens is 218 g/mol. The Hall–Kier alpha value is -0.480. The maximum atomic E-state index is 4.19. The molecule has 16 heavy (non-hydrogen) atoms. The number of nitrogens with zero attached hydrogens (tertiary/aromatic N) is 2. The van der Waals surface area contributed by atoms with Crippen LogP contribution in [0.25, 0.3) is 0 Å². The molecule has 1 heterocycles. The Morgan fingerprint density at radius 2 is 2.44 bits per heavy atom. The van der Waals surface area contributed by atoms with Gasteiger partial charge in [0.2, 0.25) is 0 Å². The van der Waals surface area contributed by atoms with Gasteiger partial charge >= 0.3 is 0 Å². The zero-order valence-corrected chi connectivity index (χ0v) is 11.0. The Bertz CT molecular complexity index is 324. The van der Waals surface area contributed by atoms with E-state index in [1.807, 2.05) is 17.9 Å². The van der Waals surface area contributed by atoms with Gasteiger partial charge in [-0.25, -0.2) is 0 Å². The summed E-state index contributed by atoms with van der Waals surface area (Å²) in [6.07, 6.45) is 5.95. The fourth-order valence-electron chi connectivity index (χ4n) is 2.38. The van der Waals surface area contributed by atoms with E-state index >= 15 is 0 Å². The van der Waals surface area contributed by atoms with Gasteiger partial charge in [0.05, 0.1) is 5.69 Å². The van der Waals surface area contributed by atoms with Crippen LogP contribution in [0.3, 0.4) is 0 Å². The van der Waals surface area contributed by atoms with E-state index in [-0.39, 0.29) is 0 Å². The van der Waals surface area contributed by atoms with Crippen LogP contribution in [0.4, 0.5) is 0 Å². The average Bonchev–Trinajstić information content (AvgIpc) is 2.86. The van der Waals surface area contributed by atoms with Crippen LogP contribution in [0.1, 0.15) is 31.9 Å². The number of aromatic nitrogens is 2. The minimum atomic E-state index is 0.694. The zero-order valence-electron chi connectivity index (χ0n) is 10.1. The lowest BCUT2D eigenvalue weighted by molar-refractivity contribution is 0.514. The molecule has 90 valence electrons. The van der Waals surface area contributed by atoms with E-state index in [9.17, 15) is 0 Å². The van der Waals surface area contributed by atoms with Crippen LogP contribution < -0.4 is 5.32 Å². The lowest BCUT2D eigenvalue weighted by Gasteiger charge is -2.20. The molecule has 1 N–H and O–H groups in total. The summed E-state index contributed by atoms with van der Waals surface area (Å²) >= 11 is 2.10. The molecule has 1 fully saturated rings. The van der Waals surface area contributed by atoms with Gasteiger partial charge in [-0.2, -0.15) is 16.9 Å². The van der Waals surface area contributed by atoms with Gasteiger partial charge < -0.3 is 5.32 Å². The predicted octanol–water partition coefficient (Wildman–Crippen LogP) is 2.18. The molecule has 1 aromatic rings. The molecule has 0 saturated heterocycles. The molecule has 0 aliphatic heterocycles. The second kappa shape index (κ2) is 5.73. The number of aryl methyl sites for hydroxylation is 1. The SMILES string of the molecule is CCSC1CCCC1NCc1ccnn1C. The van der Waals surface area contributed by atoms with Crippen LogP contribution in [-0.4, -0.2) is 26.8 Å². The van der Waals surface area contributed by atoms with Gasteiger partial charge in [0, 0.05) is 31.1 Å². The molecule has 1 saturated carbocycles. The standard InChI is InChI=1S/C12H21N3S/c1-3-16-12-6-4-5-11(12)13-9-10-7-8-14-15(10)2/h7-8,11-13H,3-6,9H2,1-2H3. The normalized spacial score (nSPS) is 25.1. The molecule has 1 aliphatic rings. The van der Waals surface area contributed by atoms with Crippen molar-refractivity contribution < 1.29 is 0 Å². The van der Waals surface area contributed by atoms with Crippen molar-refractivity contribution in [2.75, 3.05) is 5.75 Å². The highest BCUT2D eigenvalue weighted by molar-refractivity contribution is 7.99. The van der Waals surface area contributed by atoms with Crippen molar-refractivity contribution in [3.63, 3.8) is 0 Å². The van der Waals surface area contributed by atoms with Crippen molar-refractivity contribution >= 4 is 11.8 Å². The molecule has 2 rings (SSSR count). The van der Waals surface area contributed by atoms with Crippen LogP contribution in [-0.2, 0) is 13.6 Å². The average molecular weight is 239 g/mol. The molecule has 1 aliphatic carbocycles. The third-order valence-corrected chi connectivity index (χ3v) is 4.63. The Kier molecular flexibility index (Phi) is 4.29. The molecule has 0 radical (unpaired) electrons. The summed E-state index contributed by atoms with van der Waals surface area (Å²) in [5.74, 6) is 1.23. The molecule has 0 aromatic carbocycles. The lowest BCUT2D eigenvalue weighted by atomic mass is 10.2. The first-order valence-corrected chi connectivity index (χ1v) is 7.18. The minimum Gasteiger partial charge on any atom is -0.307 e. The van der Waals surface area contributed by atoms with Crippen LogP contribution in [0.2, 0.25) is 0 Å². The van der Waals surface area contributed by atoms with Crippen molar-refractivity contribution in [1.29, 1.82) is 0 Å². The van der Waals surface area contributed by atoms with Crippen molar-refractivity contribution in [2.24, 2.45) is 7.05 Å². The molecular formula is C12H21N3S. The van der Waals surface area contributed by atoms with Gasteiger partial charge in [-0.1, -0.05) is 13.3 Å². The first-order chi connectivity index (χ1) is 7.81. The van der Waals surface area contributed by atoms with Gasteiger partial charge in [0.25, 0.3) is 0 Å². The Morgan fingerprint density at radius 3 is 3.12 bits per heavy atom. The summed E-state index contributed by atoms with van der Waals surface area (Å²) in [6.45, 7) is 3.20. The van der Waals surface area contributed by atoms with E-state index in [0.717, 1.165) is 11.8 Å². The molecule has 3 nitrogen and oxygen atoms in total. The van der Waals surface area contributed by atoms with E-state index in [2.05, 4.69) is 35.2 Å². The molecule has 4 heteroatoms. The number of hydrogen-bond donors (Lipinski definition) is 1. The van der Waals surface area contributed by atoms with Gasteiger partial charge in [0.15, 0.2) is 0 Å². The van der Waals surface area contributed by atoms with Crippen molar-refractivity contribution in [3.8, 4) is 0 Å². The molecule has 2 unspecified atom stereocenters. The topological polar surface area (TPSA) is 29.9 Å². The Morgan fingerprint density at radius 1 is 1.56 bits per heavy atom. The monoisotopic (exact) mass is 239 g/mol. The van der Waals surface area contributed by atoms with Crippen molar-refractivity contribution in [3.05, 3.63) is 18.0 Å². The lowest BCUT2D eigenvalue weighted by Crippen LogP contribution is -2.34. The van der Waals surface area contributed by atoms with Gasteiger partial charge in [-0.05, 0) is 24.7 Å². The highest BCUT2D eigenvalue weighted by Crippen LogP contribution is 2.29. The molecule has 0 spiro atoms.